The molecule has 0 bridgehead atoms. The van der Waals surface area contributed by atoms with Gasteiger partial charge in [-0.15, -0.1) is 0 Å². The van der Waals surface area contributed by atoms with Crippen LogP contribution in [-0.4, -0.2) is 0 Å². The summed E-state index contributed by atoms with van der Waals surface area (Å²) in [6, 6.07) is 53.1. The fourth-order valence-corrected chi connectivity index (χ4v) is 8.05. The van der Waals surface area contributed by atoms with Crippen LogP contribution < -0.4 is 11.5 Å². The van der Waals surface area contributed by atoms with Crippen LogP contribution in [0.3, 0.4) is 0 Å². The van der Waals surface area contributed by atoms with E-state index in [0.717, 1.165) is 37.1 Å². The Morgan fingerprint density at radius 2 is 0.771 bits per heavy atom. The Bertz CT molecular complexity index is 2160. The van der Waals surface area contributed by atoms with Gasteiger partial charge in [-0.2, -0.15) is 0 Å². The maximum Gasteiger partial charge on any atom is 0.0314 e. The number of rotatable bonds is 6. The molecule has 48 heavy (non-hydrogen) atoms. The Morgan fingerprint density at radius 1 is 0.375 bits per heavy atom. The summed E-state index contributed by atoms with van der Waals surface area (Å²) >= 11 is 0. The maximum atomic E-state index is 6.04. The van der Waals surface area contributed by atoms with Crippen LogP contribution in [0.2, 0.25) is 0 Å². The van der Waals surface area contributed by atoms with Crippen molar-refractivity contribution in [3.05, 3.63) is 190 Å². The van der Waals surface area contributed by atoms with Crippen LogP contribution in [0.25, 0.3) is 44.5 Å². The van der Waals surface area contributed by atoms with Gasteiger partial charge in [0.05, 0.1) is 0 Å². The lowest BCUT2D eigenvalue weighted by atomic mass is 9.85. The van der Waals surface area contributed by atoms with Crippen molar-refractivity contribution in [2.45, 2.75) is 25.7 Å². The molecule has 230 valence electrons. The lowest BCUT2D eigenvalue weighted by Crippen LogP contribution is -1.99. The van der Waals surface area contributed by atoms with E-state index in [1.54, 1.807) is 0 Å². The Labute approximate surface area is 282 Å². The van der Waals surface area contributed by atoms with Crippen molar-refractivity contribution in [1.82, 2.24) is 0 Å². The minimum atomic E-state index is 0.797. The molecule has 7 aromatic rings. The van der Waals surface area contributed by atoms with Crippen LogP contribution in [0.15, 0.2) is 146 Å². The minimum Gasteiger partial charge on any atom is -0.399 e. The highest BCUT2D eigenvalue weighted by Crippen LogP contribution is 2.46. The molecule has 0 fully saturated rings. The van der Waals surface area contributed by atoms with E-state index in [4.69, 9.17) is 11.5 Å². The summed E-state index contributed by atoms with van der Waals surface area (Å²) in [6.07, 6.45) is 3.62. The van der Waals surface area contributed by atoms with Crippen LogP contribution in [-0.2, 0) is 25.7 Å². The lowest BCUT2D eigenvalue weighted by Gasteiger charge is -2.18. The van der Waals surface area contributed by atoms with Gasteiger partial charge < -0.3 is 11.5 Å². The molecule has 0 atom stereocenters. The highest BCUT2D eigenvalue weighted by Gasteiger charge is 2.26. The van der Waals surface area contributed by atoms with E-state index in [1.807, 2.05) is 24.3 Å². The summed E-state index contributed by atoms with van der Waals surface area (Å²) in [5.41, 5.74) is 35.3. The van der Waals surface area contributed by atoms with E-state index < -0.39 is 0 Å². The van der Waals surface area contributed by atoms with E-state index in [0.29, 0.717) is 0 Å². The number of hydrogen-bond acceptors (Lipinski definition) is 2. The Hall–Kier alpha value is -5.86. The molecule has 2 aliphatic carbocycles. The van der Waals surface area contributed by atoms with E-state index in [2.05, 4.69) is 121 Å². The Kier molecular flexibility index (Phi) is 6.76. The third kappa shape index (κ3) is 4.89. The second kappa shape index (κ2) is 11.4. The summed E-state index contributed by atoms with van der Waals surface area (Å²) < 4.78 is 0. The number of anilines is 2. The zero-order chi connectivity index (χ0) is 32.2. The van der Waals surface area contributed by atoms with Crippen molar-refractivity contribution in [2.24, 2.45) is 0 Å². The predicted molar refractivity (Wildman–Crippen MR) is 201 cm³/mol. The highest BCUT2D eigenvalue weighted by molar-refractivity contribution is 5.89. The average Bonchev–Trinajstić information content (AvgIpc) is 3.69. The maximum absolute atomic E-state index is 6.04. The van der Waals surface area contributed by atoms with E-state index in [9.17, 15) is 0 Å². The molecule has 0 radical (unpaired) electrons. The summed E-state index contributed by atoms with van der Waals surface area (Å²) in [7, 11) is 0. The van der Waals surface area contributed by atoms with Gasteiger partial charge in [-0.3, -0.25) is 0 Å². The first-order chi connectivity index (χ1) is 23.6. The third-order valence-corrected chi connectivity index (χ3v) is 10.4. The first kappa shape index (κ1) is 28.4. The fourth-order valence-electron chi connectivity index (χ4n) is 8.05. The summed E-state index contributed by atoms with van der Waals surface area (Å²) in [4.78, 5) is 0. The van der Waals surface area contributed by atoms with Gasteiger partial charge in [-0.1, -0.05) is 121 Å². The van der Waals surface area contributed by atoms with E-state index in [-0.39, 0.29) is 0 Å². The summed E-state index contributed by atoms with van der Waals surface area (Å²) in [5, 5.41) is 0. The smallest absolute Gasteiger partial charge is 0.0314 e. The molecule has 0 spiro atoms. The molecule has 2 nitrogen and oxygen atoms in total. The topological polar surface area (TPSA) is 52.0 Å². The SMILES string of the molecule is Nc1ccc(Cc2ccc3c(c2-c2ccc(-c4c(Cc5ccc(N)cc5)ccc5c4Cc4ccccc4-5)cc2)Cc2ccccc2-3)cc1. The normalized spacial score (nSPS) is 12.3. The Balaban J connectivity index is 1.17. The standard InChI is InChI=1S/C46H36N2/c47-37-19-9-29(10-20-37)25-35-17-23-41-39-7-3-1-5-33(39)27-43(41)45(35)31-13-15-32(16-14-31)46-36(26-30-11-21-38(48)22-12-30)18-24-42-40-8-4-2-6-34(40)28-44(42)46/h1-24H,25-28,47-48H2. The second-order valence-corrected chi connectivity index (χ2v) is 13.3. The molecule has 9 rings (SSSR count). The molecule has 7 aromatic carbocycles. The van der Waals surface area contributed by atoms with Crippen molar-refractivity contribution in [2.75, 3.05) is 11.5 Å². The number of nitrogen functional groups attached to an aromatic ring is 2. The quantitative estimate of drug-likeness (QED) is 0.183. The van der Waals surface area contributed by atoms with Gasteiger partial charge in [0.2, 0.25) is 0 Å². The molecule has 0 saturated carbocycles. The van der Waals surface area contributed by atoms with E-state index >= 15 is 0 Å². The van der Waals surface area contributed by atoms with Gasteiger partial charge in [0.15, 0.2) is 0 Å². The molecule has 4 N–H and O–H groups in total. The predicted octanol–water partition coefficient (Wildman–Crippen LogP) is 10.5. The van der Waals surface area contributed by atoms with Gasteiger partial charge in [-0.25, -0.2) is 0 Å². The molecule has 0 amide bonds. The zero-order valence-corrected chi connectivity index (χ0v) is 26.8. The monoisotopic (exact) mass is 616 g/mol. The molecule has 0 aliphatic heterocycles. The number of hydrogen-bond donors (Lipinski definition) is 2. The van der Waals surface area contributed by atoms with Gasteiger partial charge >= 0.3 is 0 Å². The molecular formula is C46H36N2. The summed E-state index contributed by atoms with van der Waals surface area (Å²) in [6.45, 7) is 0. The van der Waals surface area contributed by atoms with Crippen molar-refractivity contribution in [3.63, 3.8) is 0 Å². The first-order valence-electron chi connectivity index (χ1n) is 16.8. The number of benzene rings is 7. The van der Waals surface area contributed by atoms with Crippen molar-refractivity contribution < 1.29 is 0 Å². The van der Waals surface area contributed by atoms with Gasteiger partial charge in [-0.05, 0) is 139 Å². The third-order valence-electron chi connectivity index (χ3n) is 10.4. The minimum absolute atomic E-state index is 0.797. The number of fused-ring (bicyclic) bond motifs is 6. The van der Waals surface area contributed by atoms with Crippen LogP contribution in [0, 0.1) is 0 Å². The molecule has 2 heteroatoms. The molecule has 2 aliphatic rings. The Morgan fingerprint density at radius 3 is 1.19 bits per heavy atom. The lowest BCUT2D eigenvalue weighted by molar-refractivity contribution is 1.17. The van der Waals surface area contributed by atoms with Crippen LogP contribution in [0.5, 0.6) is 0 Å². The van der Waals surface area contributed by atoms with Crippen LogP contribution in [0.4, 0.5) is 11.4 Å². The van der Waals surface area contributed by atoms with Crippen molar-refractivity contribution >= 4 is 11.4 Å². The molecular weight excluding hydrogens is 581 g/mol. The van der Waals surface area contributed by atoms with Gasteiger partial charge in [0.1, 0.15) is 0 Å². The fraction of sp³-hybridized carbons (Fsp3) is 0.0870. The van der Waals surface area contributed by atoms with E-state index in [1.165, 1.54) is 89.0 Å². The average molecular weight is 617 g/mol. The summed E-state index contributed by atoms with van der Waals surface area (Å²) in [5.74, 6) is 0. The van der Waals surface area contributed by atoms with Crippen LogP contribution >= 0.6 is 0 Å². The number of nitrogens with two attached hydrogens (primary N) is 2. The van der Waals surface area contributed by atoms with Crippen molar-refractivity contribution in [1.29, 1.82) is 0 Å². The molecule has 0 aromatic heterocycles. The first-order valence-corrected chi connectivity index (χ1v) is 16.8. The van der Waals surface area contributed by atoms with Gasteiger partial charge in [0, 0.05) is 11.4 Å². The van der Waals surface area contributed by atoms with Gasteiger partial charge in [0.25, 0.3) is 0 Å². The highest BCUT2D eigenvalue weighted by atomic mass is 14.5. The second-order valence-electron chi connectivity index (χ2n) is 13.3. The molecule has 0 saturated heterocycles. The molecule has 0 heterocycles. The largest absolute Gasteiger partial charge is 0.399 e. The van der Waals surface area contributed by atoms with Crippen LogP contribution in [0.1, 0.15) is 44.5 Å². The van der Waals surface area contributed by atoms with Crippen molar-refractivity contribution in [3.8, 4) is 44.5 Å². The molecule has 0 unspecified atom stereocenters. The zero-order valence-electron chi connectivity index (χ0n) is 26.8.